The highest BCUT2D eigenvalue weighted by Crippen LogP contribution is 2.18. The van der Waals surface area contributed by atoms with Crippen molar-refractivity contribution in [2.45, 2.75) is 12.8 Å². The van der Waals surface area contributed by atoms with Gasteiger partial charge in [0.2, 0.25) is 0 Å². The quantitative estimate of drug-likeness (QED) is 0.584. The molecule has 0 unspecified atom stereocenters. The second kappa shape index (κ2) is 2.37. The molecule has 0 aliphatic carbocycles. The first kappa shape index (κ1) is 5.83. The van der Waals surface area contributed by atoms with Gasteiger partial charge in [0.05, 0.1) is 12.0 Å². The van der Waals surface area contributed by atoms with Gasteiger partial charge in [-0.2, -0.15) is 0 Å². The van der Waals surface area contributed by atoms with Gasteiger partial charge >= 0.3 is 0 Å². The second-order valence-electron chi connectivity index (χ2n) is 2.60. The van der Waals surface area contributed by atoms with Gasteiger partial charge in [-0.25, -0.2) is 0 Å². The molecule has 1 aromatic heterocycles. The van der Waals surface area contributed by atoms with E-state index in [0.717, 1.165) is 18.8 Å². The molecular weight excluding hydrogens is 126 g/mol. The van der Waals surface area contributed by atoms with Crippen LogP contribution in [0.3, 0.4) is 0 Å². The van der Waals surface area contributed by atoms with Gasteiger partial charge in [0.25, 0.3) is 0 Å². The molecule has 53 valence electrons. The molecule has 1 fully saturated rings. The van der Waals surface area contributed by atoms with Crippen LogP contribution in [-0.2, 0) is 0 Å². The Hall–Kier alpha value is -0.920. The molecule has 1 radical (unpaired) electrons. The predicted octanol–water partition coefficient (Wildman–Crippen LogP) is 1.68. The van der Waals surface area contributed by atoms with Crippen molar-refractivity contribution in [2.24, 2.45) is 0 Å². The lowest BCUT2D eigenvalue weighted by molar-refractivity contribution is 0.557. The highest BCUT2D eigenvalue weighted by Gasteiger charge is 2.12. The molecule has 2 nitrogen and oxygen atoms in total. The fourth-order valence-corrected chi connectivity index (χ4v) is 1.35. The summed E-state index contributed by atoms with van der Waals surface area (Å²) in [7, 11) is 0. The Balaban J connectivity index is 2.12. The van der Waals surface area contributed by atoms with Crippen LogP contribution in [0, 0.1) is 6.26 Å². The van der Waals surface area contributed by atoms with Crippen molar-refractivity contribution in [3.8, 4) is 0 Å². The maximum atomic E-state index is 4.86. The van der Waals surface area contributed by atoms with Crippen LogP contribution in [0.2, 0.25) is 0 Å². The Morgan fingerprint density at radius 2 is 2.20 bits per heavy atom. The zero-order chi connectivity index (χ0) is 6.81. The summed E-state index contributed by atoms with van der Waals surface area (Å²) in [4.78, 5) is 2.30. The molecule has 0 aromatic carbocycles. The van der Waals surface area contributed by atoms with Gasteiger partial charge in [-0.1, -0.05) is 0 Å². The molecule has 1 saturated heterocycles. The maximum Gasteiger partial charge on any atom is 0.194 e. The zero-order valence-electron chi connectivity index (χ0n) is 5.84. The highest BCUT2D eigenvalue weighted by molar-refractivity contribution is 5.42. The smallest absolute Gasteiger partial charge is 0.194 e. The average Bonchev–Trinajstić information content (AvgIpc) is 2.59. The summed E-state index contributed by atoms with van der Waals surface area (Å²) < 4.78 is 4.86. The molecule has 0 saturated carbocycles. The molecule has 2 rings (SSSR count). The molecule has 10 heavy (non-hydrogen) atoms. The third-order valence-corrected chi connectivity index (χ3v) is 1.90. The summed E-state index contributed by atoms with van der Waals surface area (Å²) in [5, 5.41) is 0. The van der Waals surface area contributed by atoms with Crippen molar-refractivity contribution in [2.75, 3.05) is 18.0 Å². The fourth-order valence-electron chi connectivity index (χ4n) is 1.35. The number of hydrogen-bond donors (Lipinski definition) is 0. The summed E-state index contributed by atoms with van der Waals surface area (Å²) in [6.45, 7) is 2.33. The summed E-state index contributed by atoms with van der Waals surface area (Å²) in [6.07, 6.45) is 7.11. The Bertz CT molecular complexity index is 187. The van der Waals surface area contributed by atoms with E-state index >= 15 is 0 Å². The van der Waals surface area contributed by atoms with Gasteiger partial charge in [0.1, 0.15) is 0 Å². The Morgan fingerprint density at radius 3 is 2.80 bits per heavy atom. The minimum absolute atomic E-state index is 1.11. The van der Waals surface area contributed by atoms with E-state index in [0.29, 0.717) is 0 Å². The molecule has 0 atom stereocenters. The van der Waals surface area contributed by atoms with Crippen LogP contribution < -0.4 is 4.90 Å². The first-order chi connectivity index (χ1) is 4.97. The normalized spacial score (nSPS) is 18.2. The Labute approximate surface area is 60.4 Å². The number of rotatable bonds is 1. The van der Waals surface area contributed by atoms with E-state index in [1.54, 1.807) is 6.26 Å². The monoisotopic (exact) mass is 136 g/mol. The van der Waals surface area contributed by atoms with Crippen molar-refractivity contribution >= 4 is 5.69 Å². The van der Waals surface area contributed by atoms with Crippen molar-refractivity contribution in [3.05, 3.63) is 18.6 Å². The van der Waals surface area contributed by atoms with E-state index in [-0.39, 0.29) is 0 Å². The SMILES string of the molecule is [c]1occc1N1CCCC1. The van der Waals surface area contributed by atoms with Gasteiger partial charge in [-0.05, 0) is 12.8 Å². The van der Waals surface area contributed by atoms with E-state index in [1.807, 2.05) is 6.07 Å². The van der Waals surface area contributed by atoms with E-state index < -0.39 is 0 Å². The lowest BCUT2D eigenvalue weighted by atomic mass is 10.4. The van der Waals surface area contributed by atoms with Gasteiger partial charge < -0.3 is 9.32 Å². The summed E-state index contributed by atoms with van der Waals surface area (Å²) >= 11 is 0. The lowest BCUT2D eigenvalue weighted by Gasteiger charge is -2.12. The molecule has 1 aliphatic heterocycles. The molecule has 2 heteroatoms. The van der Waals surface area contributed by atoms with Crippen molar-refractivity contribution in [3.63, 3.8) is 0 Å². The van der Waals surface area contributed by atoms with Gasteiger partial charge in [-0.3, -0.25) is 0 Å². The van der Waals surface area contributed by atoms with Crippen LogP contribution in [0.15, 0.2) is 16.7 Å². The molecule has 0 bridgehead atoms. The van der Waals surface area contributed by atoms with Crippen molar-refractivity contribution in [1.82, 2.24) is 0 Å². The maximum absolute atomic E-state index is 4.86. The fraction of sp³-hybridized carbons (Fsp3) is 0.500. The molecule has 0 amide bonds. The highest BCUT2D eigenvalue weighted by atomic mass is 16.3. The van der Waals surface area contributed by atoms with Gasteiger partial charge in [0.15, 0.2) is 6.26 Å². The topological polar surface area (TPSA) is 16.4 Å². The van der Waals surface area contributed by atoms with E-state index in [9.17, 15) is 0 Å². The summed E-state index contributed by atoms with van der Waals surface area (Å²) in [5.74, 6) is 0. The van der Waals surface area contributed by atoms with Gasteiger partial charge in [0, 0.05) is 19.2 Å². The molecular formula is C8H10NO. The van der Waals surface area contributed by atoms with Crippen LogP contribution >= 0.6 is 0 Å². The van der Waals surface area contributed by atoms with Gasteiger partial charge in [-0.15, -0.1) is 0 Å². The number of furan rings is 1. The van der Waals surface area contributed by atoms with Crippen LogP contribution in [0.1, 0.15) is 12.8 Å². The Morgan fingerprint density at radius 1 is 1.40 bits per heavy atom. The third-order valence-electron chi connectivity index (χ3n) is 1.90. The zero-order valence-corrected chi connectivity index (χ0v) is 5.84. The molecule has 0 spiro atoms. The van der Waals surface area contributed by atoms with E-state index in [4.69, 9.17) is 4.42 Å². The van der Waals surface area contributed by atoms with Crippen LogP contribution in [0.5, 0.6) is 0 Å². The first-order valence-electron chi connectivity index (χ1n) is 3.67. The Kier molecular flexibility index (Phi) is 1.38. The molecule has 1 aliphatic rings. The first-order valence-corrected chi connectivity index (χ1v) is 3.67. The van der Waals surface area contributed by atoms with Crippen molar-refractivity contribution in [1.29, 1.82) is 0 Å². The van der Waals surface area contributed by atoms with Crippen LogP contribution in [0.25, 0.3) is 0 Å². The van der Waals surface area contributed by atoms with Crippen LogP contribution in [-0.4, -0.2) is 13.1 Å². The molecule has 0 N–H and O–H groups in total. The average molecular weight is 136 g/mol. The van der Waals surface area contributed by atoms with E-state index in [2.05, 4.69) is 11.2 Å². The van der Waals surface area contributed by atoms with Crippen molar-refractivity contribution < 1.29 is 4.42 Å². The minimum atomic E-state index is 1.11. The second-order valence-corrected chi connectivity index (χ2v) is 2.60. The molecule has 2 heterocycles. The number of nitrogens with zero attached hydrogens (tertiary/aromatic N) is 1. The standard InChI is InChI=1S/C8H10NO/c1-2-5-9(4-1)8-3-6-10-7-8/h3,6H,1-2,4-5H2. The predicted molar refractivity (Wildman–Crippen MR) is 39.0 cm³/mol. The summed E-state index contributed by atoms with van der Waals surface area (Å²) in [5.41, 5.74) is 1.11. The number of anilines is 1. The molecule has 1 aromatic rings. The van der Waals surface area contributed by atoms with Crippen LogP contribution in [0.4, 0.5) is 5.69 Å². The number of hydrogen-bond acceptors (Lipinski definition) is 2. The minimum Gasteiger partial charge on any atom is -0.459 e. The van der Waals surface area contributed by atoms with E-state index in [1.165, 1.54) is 12.8 Å². The third kappa shape index (κ3) is 0.897. The summed E-state index contributed by atoms with van der Waals surface area (Å²) in [6, 6.07) is 1.96. The lowest BCUT2D eigenvalue weighted by Crippen LogP contribution is -2.16. The largest absolute Gasteiger partial charge is 0.459 e.